The van der Waals surface area contributed by atoms with Gasteiger partial charge in [-0.25, -0.2) is 0 Å². The first kappa shape index (κ1) is 14.8. The molecule has 2 N–H and O–H groups in total. The largest absolute Gasteiger partial charge is 0.392 e. The Morgan fingerprint density at radius 1 is 1.26 bits per heavy atom. The number of hydrogen-bond donors (Lipinski definition) is 2. The number of aliphatic hydroxyl groups is 1. The molecule has 4 nitrogen and oxygen atoms in total. The normalized spacial score (nSPS) is 31.9. The number of piperidine rings is 1. The number of nitrogens with zero attached hydrogens (tertiary/aromatic N) is 1. The Labute approximate surface area is 116 Å². The molecule has 0 bridgehead atoms. The molecule has 0 aromatic carbocycles. The molecule has 4 heteroatoms. The van der Waals surface area contributed by atoms with Crippen LogP contribution in [0.4, 0.5) is 0 Å². The van der Waals surface area contributed by atoms with Crippen LogP contribution in [-0.2, 0) is 4.79 Å². The zero-order valence-electron chi connectivity index (χ0n) is 12.3. The molecule has 3 unspecified atom stereocenters. The predicted molar refractivity (Wildman–Crippen MR) is 75.8 cm³/mol. The Bertz CT molecular complexity index is 303. The lowest BCUT2D eigenvalue weighted by atomic mass is 9.94. The van der Waals surface area contributed by atoms with Crippen molar-refractivity contribution in [1.82, 2.24) is 10.2 Å². The molecular weight excluding hydrogens is 240 g/mol. The molecule has 0 radical (unpaired) electrons. The average Bonchev–Trinajstić information content (AvgIpc) is 2.42. The lowest BCUT2D eigenvalue weighted by Crippen LogP contribution is -2.53. The molecule has 1 heterocycles. The molecule has 2 rings (SSSR count). The fourth-order valence-corrected chi connectivity index (χ4v) is 3.16. The van der Waals surface area contributed by atoms with Gasteiger partial charge in [0, 0.05) is 12.6 Å². The molecule has 1 aliphatic carbocycles. The number of carbonyl (C=O) groups excluding carboxylic acids is 1. The van der Waals surface area contributed by atoms with Crippen LogP contribution < -0.4 is 5.32 Å². The first-order valence-corrected chi connectivity index (χ1v) is 7.80. The van der Waals surface area contributed by atoms with Crippen molar-refractivity contribution >= 4 is 5.91 Å². The summed E-state index contributed by atoms with van der Waals surface area (Å²) in [4.78, 5) is 14.4. The van der Waals surface area contributed by atoms with Crippen molar-refractivity contribution < 1.29 is 9.90 Å². The van der Waals surface area contributed by atoms with Crippen LogP contribution in [0.2, 0.25) is 0 Å². The Morgan fingerprint density at radius 3 is 2.58 bits per heavy atom. The van der Waals surface area contributed by atoms with E-state index < -0.39 is 0 Å². The van der Waals surface area contributed by atoms with Crippen LogP contribution in [0, 0.1) is 5.92 Å². The van der Waals surface area contributed by atoms with E-state index in [1.54, 1.807) is 0 Å². The maximum Gasteiger partial charge on any atom is 0.237 e. The van der Waals surface area contributed by atoms with Gasteiger partial charge in [-0.2, -0.15) is 0 Å². The molecule has 2 fully saturated rings. The van der Waals surface area contributed by atoms with Crippen LogP contribution in [0.1, 0.15) is 52.4 Å². The zero-order chi connectivity index (χ0) is 13.8. The molecule has 2 aliphatic rings. The smallest absolute Gasteiger partial charge is 0.237 e. The second-order valence-electron chi connectivity index (χ2n) is 6.35. The first-order chi connectivity index (χ1) is 9.08. The van der Waals surface area contributed by atoms with Gasteiger partial charge in [-0.3, -0.25) is 9.69 Å². The zero-order valence-corrected chi connectivity index (χ0v) is 12.3. The van der Waals surface area contributed by atoms with Gasteiger partial charge in [-0.15, -0.1) is 0 Å². The van der Waals surface area contributed by atoms with E-state index >= 15 is 0 Å². The Hall–Kier alpha value is -0.610. The van der Waals surface area contributed by atoms with Crippen molar-refractivity contribution in [2.45, 2.75) is 70.6 Å². The highest BCUT2D eigenvalue weighted by atomic mass is 16.3. The third-order valence-corrected chi connectivity index (χ3v) is 4.83. The Kier molecular flexibility index (Phi) is 5.22. The van der Waals surface area contributed by atoms with Crippen molar-refractivity contribution in [3.8, 4) is 0 Å². The number of aliphatic hydroxyl groups excluding tert-OH is 1. The van der Waals surface area contributed by atoms with Crippen molar-refractivity contribution in [1.29, 1.82) is 0 Å². The topological polar surface area (TPSA) is 52.6 Å². The molecule has 3 atom stereocenters. The molecule has 19 heavy (non-hydrogen) atoms. The van der Waals surface area contributed by atoms with E-state index in [1.807, 2.05) is 6.92 Å². The number of β-amino-alcohol motifs (C(OH)–C–C–N with tert-alkyl or cyclic N) is 1. The molecule has 1 saturated heterocycles. The quantitative estimate of drug-likeness (QED) is 0.816. The van der Waals surface area contributed by atoms with Crippen LogP contribution in [0.25, 0.3) is 0 Å². The Morgan fingerprint density at radius 2 is 1.95 bits per heavy atom. The van der Waals surface area contributed by atoms with Gasteiger partial charge >= 0.3 is 0 Å². The fourth-order valence-electron chi connectivity index (χ4n) is 3.16. The van der Waals surface area contributed by atoms with Crippen molar-refractivity contribution in [3.05, 3.63) is 0 Å². The van der Waals surface area contributed by atoms with E-state index in [2.05, 4.69) is 17.1 Å². The number of hydrogen-bond acceptors (Lipinski definition) is 3. The minimum Gasteiger partial charge on any atom is -0.392 e. The lowest BCUT2D eigenvalue weighted by Gasteiger charge is -2.38. The first-order valence-electron chi connectivity index (χ1n) is 7.80. The van der Waals surface area contributed by atoms with Gasteiger partial charge in [-0.1, -0.05) is 26.2 Å². The molecule has 0 aromatic heterocycles. The molecule has 1 amide bonds. The monoisotopic (exact) mass is 268 g/mol. The third-order valence-electron chi connectivity index (χ3n) is 4.83. The van der Waals surface area contributed by atoms with E-state index in [0.717, 1.165) is 25.8 Å². The number of rotatable bonds is 3. The molecule has 110 valence electrons. The summed E-state index contributed by atoms with van der Waals surface area (Å²) in [6.07, 6.45) is 6.70. The summed E-state index contributed by atoms with van der Waals surface area (Å²) >= 11 is 0. The number of nitrogens with one attached hydrogen (secondary N) is 1. The van der Waals surface area contributed by atoms with Gasteiger partial charge < -0.3 is 10.4 Å². The molecular formula is C15H28N2O2. The highest BCUT2D eigenvalue weighted by Gasteiger charge is 2.30. The van der Waals surface area contributed by atoms with Gasteiger partial charge in [0.15, 0.2) is 0 Å². The average molecular weight is 268 g/mol. The summed E-state index contributed by atoms with van der Waals surface area (Å²) in [5.74, 6) is 0.485. The van der Waals surface area contributed by atoms with Crippen molar-refractivity contribution in [2.75, 3.05) is 13.1 Å². The van der Waals surface area contributed by atoms with E-state index in [9.17, 15) is 9.90 Å². The van der Waals surface area contributed by atoms with Crippen LogP contribution in [0.3, 0.4) is 0 Å². The van der Waals surface area contributed by atoms with Crippen LogP contribution >= 0.6 is 0 Å². The minimum atomic E-state index is -0.293. The third kappa shape index (κ3) is 3.93. The van der Waals surface area contributed by atoms with Gasteiger partial charge in [-0.05, 0) is 38.6 Å². The summed E-state index contributed by atoms with van der Waals surface area (Å²) in [6, 6.07) is 0.251. The second kappa shape index (κ2) is 6.71. The second-order valence-corrected chi connectivity index (χ2v) is 6.35. The van der Waals surface area contributed by atoms with Gasteiger partial charge in [0.2, 0.25) is 5.91 Å². The highest BCUT2D eigenvalue weighted by molar-refractivity contribution is 5.81. The van der Waals surface area contributed by atoms with Gasteiger partial charge in [0.25, 0.3) is 0 Å². The molecule has 1 aliphatic heterocycles. The summed E-state index contributed by atoms with van der Waals surface area (Å²) in [5.41, 5.74) is 0. The van der Waals surface area contributed by atoms with E-state index in [4.69, 9.17) is 0 Å². The number of amides is 1. The molecule has 0 aromatic rings. The predicted octanol–water partition coefficient (Wildman–Crippen LogP) is 1.53. The van der Waals surface area contributed by atoms with Crippen molar-refractivity contribution in [2.24, 2.45) is 5.92 Å². The lowest BCUT2D eigenvalue weighted by molar-refractivity contribution is -0.128. The minimum absolute atomic E-state index is 0.121. The van der Waals surface area contributed by atoms with Gasteiger partial charge in [0.05, 0.1) is 12.1 Å². The fraction of sp³-hybridized carbons (Fsp3) is 0.933. The summed E-state index contributed by atoms with van der Waals surface area (Å²) in [6.45, 7) is 5.58. The van der Waals surface area contributed by atoms with Crippen LogP contribution in [0.15, 0.2) is 0 Å². The summed E-state index contributed by atoms with van der Waals surface area (Å²) < 4.78 is 0. The van der Waals surface area contributed by atoms with E-state index in [1.165, 1.54) is 19.3 Å². The Balaban J connectivity index is 1.81. The summed E-state index contributed by atoms with van der Waals surface area (Å²) in [7, 11) is 0. The highest BCUT2D eigenvalue weighted by Crippen LogP contribution is 2.20. The van der Waals surface area contributed by atoms with Crippen LogP contribution in [0.5, 0.6) is 0 Å². The van der Waals surface area contributed by atoms with Gasteiger partial charge in [0.1, 0.15) is 0 Å². The maximum atomic E-state index is 12.3. The number of carbonyl (C=O) groups is 1. The summed E-state index contributed by atoms with van der Waals surface area (Å²) in [5, 5.41) is 13.1. The van der Waals surface area contributed by atoms with Crippen LogP contribution in [-0.4, -0.2) is 47.2 Å². The van der Waals surface area contributed by atoms with Crippen molar-refractivity contribution in [3.63, 3.8) is 0 Å². The van der Waals surface area contributed by atoms with E-state index in [0.29, 0.717) is 18.5 Å². The SMILES string of the molecule is CC1CCN(C(C)C(=O)NC2CCCCC2)CC1O. The van der Waals surface area contributed by atoms with E-state index in [-0.39, 0.29) is 18.1 Å². The maximum absolute atomic E-state index is 12.3. The molecule has 0 spiro atoms. The molecule has 1 saturated carbocycles. The standard InChI is InChI=1S/C15H28N2O2/c1-11-8-9-17(10-14(11)18)12(2)15(19)16-13-6-4-3-5-7-13/h11-14,18H,3-10H2,1-2H3,(H,16,19). The number of likely N-dealkylation sites (tertiary alicyclic amines) is 1.